The van der Waals surface area contributed by atoms with Gasteiger partial charge in [0, 0.05) is 25.2 Å². The van der Waals surface area contributed by atoms with Gasteiger partial charge >= 0.3 is 0 Å². The molecule has 3 atom stereocenters. The summed E-state index contributed by atoms with van der Waals surface area (Å²) < 4.78 is 6.48. The van der Waals surface area contributed by atoms with Crippen LogP contribution in [0.5, 0.6) is 0 Å². The molecule has 5 rings (SSSR count). The maximum Gasteiger partial charge on any atom is 0.160 e. The molecule has 3 heterocycles. The Bertz CT molecular complexity index is 1100. The third-order valence-corrected chi connectivity index (χ3v) is 7.94. The lowest BCUT2D eigenvalue weighted by Crippen LogP contribution is -2.46. The van der Waals surface area contributed by atoms with Crippen molar-refractivity contribution in [2.75, 3.05) is 31.6 Å². The molecule has 9 heteroatoms. The number of aliphatic imine (C=N–C) groups is 1. The minimum Gasteiger partial charge on any atom is -0.511 e. The highest BCUT2D eigenvalue weighted by molar-refractivity contribution is 7.20. The molecule has 1 saturated carbocycles. The molecule has 176 valence electrons. The van der Waals surface area contributed by atoms with E-state index >= 15 is 0 Å². The van der Waals surface area contributed by atoms with Crippen molar-refractivity contribution in [2.24, 2.45) is 16.6 Å². The van der Waals surface area contributed by atoms with E-state index in [9.17, 15) is 5.11 Å². The molecule has 0 amide bonds. The monoisotopic (exact) mass is 468 g/mol. The molecule has 5 N–H and O–H groups in total. The van der Waals surface area contributed by atoms with Gasteiger partial charge in [-0.3, -0.25) is 5.41 Å². The molecule has 0 bridgehead atoms. The minimum absolute atomic E-state index is 0.0709. The van der Waals surface area contributed by atoms with Gasteiger partial charge in [0.1, 0.15) is 22.1 Å². The van der Waals surface area contributed by atoms with Crippen LogP contribution in [0.1, 0.15) is 44.0 Å². The normalized spacial score (nSPS) is 26.6. The number of benzene rings is 1. The summed E-state index contributed by atoms with van der Waals surface area (Å²) in [6.07, 6.45) is 5.17. The van der Waals surface area contributed by atoms with Gasteiger partial charge in [0.2, 0.25) is 0 Å². The molecular weight excluding hydrogens is 436 g/mol. The number of para-hydroxylation sites is 1. The van der Waals surface area contributed by atoms with Crippen molar-refractivity contribution in [3.8, 4) is 0 Å². The first kappa shape index (κ1) is 22.3. The SMILES string of the molecule is CCC1C(N2CCOCC2)=NC(=N)C(c2nc3c(N[C@H]4CCCC[C@@H]4N)cccc3s2)=C1O. The number of aromatic nitrogens is 1. The summed E-state index contributed by atoms with van der Waals surface area (Å²) >= 11 is 1.49. The van der Waals surface area contributed by atoms with Gasteiger partial charge in [-0.15, -0.1) is 11.3 Å². The summed E-state index contributed by atoms with van der Waals surface area (Å²) in [5.41, 5.74) is 8.63. The number of rotatable bonds is 4. The van der Waals surface area contributed by atoms with Gasteiger partial charge in [-0.1, -0.05) is 25.8 Å². The number of morpholine rings is 1. The largest absolute Gasteiger partial charge is 0.511 e. The second-order valence-electron chi connectivity index (χ2n) is 9.01. The number of amidine groups is 2. The summed E-state index contributed by atoms with van der Waals surface area (Å²) in [5, 5.41) is 24.2. The van der Waals surface area contributed by atoms with E-state index in [1.807, 2.05) is 25.1 Å². The van der Waals surface area contributed by atoms with E-state index in [1.54, 1.807) is 0 Å². The molecule has 1 aromatic heterocycles. The first-order chi connectivity index (χ1) is 16.1. The number of thiazole rings is 1. The highest BCUT2D eigenvalue weighted by Crippen LogP contribution is 2.38. The summed E-state index contributed by atoms with van der Waals surface area (Å²) in [7, 11) is 0. The fourth-order valence-electron chi connectivity index (χ4n) is 5.05. The molecule has 33 heavy (non-hydrogen) atoms. The van der Waals surface area contributed by atoms with Crippen LogP contribution in [0, 0.1) is 11.3 Å². The number of anilines is 1. The summed E-state index contributed by atoms with van der Waals surface area (Å²) in [6, 6.07) is 6.47. The predicted molar refractivity (Wildman–Crippen MR) is 134 cm³/mol. The molecular formula is C24H32N6O2S. The Kier molecular flexibility index (Phi) is 6.36. The zero-order chi connectivity index (χ0) is 22.9. The van der Waals surface area contributed by atoms with Crippen LogP contribution in [0.3, 0.4) is 0 Å². The van der Waals surface area contributed by atoms with Gasteiger partial charge in [0.15, 0.2) is 5.84 Å². The van der Waals surface area contributed by atoms with Gasteiger partial charge in [-0.2, -0.15) is 0 Å². The standard InChI is InChI=1S/C24H32N6O2S/c1-2-14-21(31)19(22(26)29-23(14)30-10-12-32-13-11-30)24-28-20-17(8-5-9-18(20)33-24)27-16-7-4-3-6-15(16)25/h5,8-9,14-16,26-27,31H,2-4,6-7,10-13,25H2,1H3/t14?,15-,16-/m0/s1. The van der Waals surface area contributed by atoms with Crippen molar-refractivity contribution in [1.82, 2.24) is 9.88 Å². The fourth-order valence-corrected chi connectivity index (χ4v) is 6.09. The second kappa shape index (κ2) is 9.40. The summed E-state index contributed by atoms with van der Waals surface area (Å²) in [5.74, 6) is 0.794. The highest BCUT2D eigenvalue weighted by Gasteiger charge is 2.35. The Morgan fingerprint density at radius 2 is 2.06 bits per heavy atom. The van der Waals surface area contributed by atoms with Crippen LogP contribution in [0.4, 0.5) is 5.69 Å². The Hall–Kier alpha value is -2.49. The van der Waals surface area contributed by atoms with E-state index in [0.29, 0.717) is 30.2 Å². The highest BCUT2D eigenvalue weighted by atomic mass is 32.1. The minimum atomic E-state index is -0.239. The van der Waals surface area contributed by atoms with Crippen molar-refractivity contribution < 1.29 is 9.84 Å². The number of hydrogen-bond donors (Lipinski definition) is 4. The molecule has 0 spiro atoms. The van der Waals surface area contributed by atoms with Gasteiger partial charge in [0.25, 0.3) is 0 Å². The Labute approximate surface area is 198 Å². The van der Waals surface area contributed by atoms with Crippen LogP contribution < -0.4 is 11.1 Å². The maximum atomic E-state index is 11.3. The molecule has 2 fully saturated rings. The van der Waals surface area contributed by atoms with E-state index in [4.69, 9.17) is 20.9 Å². The van der Waals surface area contributed by atoms with Crippen molar-refractivity contribution in [3.05, 3.63) is 29.0 Å². The second-order valence-corrected chi connectivity index (χ2v) is 10.0. The first-order valence-electron chi connectivity index (χ1n) is 11.9. The molecule has 1 aromatic carbocycles. The van der Waals surface area contributed by atoms with Crippen LogP contribution in [-0.2, 0) is 4.74 Å². The smallest absolute Gasteiger partial charge is 0.160 e. The predicted octanol–water partition coefficient (Wildman–Crippen LogP) is 3.99. The maximum absolute atomic E-state index is 11.3. The van der Waals surface area contributed by atoms with Crippen molar-refractivity contribution in [2.45, 2.75) is 51.1 Å². The van der Waals surface area contributed by atoms with Crippen LogP contribution in [0.15, 0.2) is 29.0 Å². The van der Waals surface area contributed by atoms with Crippen molar-refractivity contribution in [1.29, 1.82) is 5.41 Å². The topological polar surface area (TPSA) is 120 Å². The van der Waals surface area contributed by atoms with E-state index in [-0.39, 0.29) is 29.6 Å². The lowest BCUT2D eigenvalue weighted by molar-refractivity contribution is 0.0657. The van der Waals surface area contributed by atoms with Crippen molar-refractivity contribution in [3.63, 3.8) is 0 Å². The van der Waals surface area contributed by atoms with Gasteiger partial charge in [0.05, 0.1) is 35.1 Å². The van der Waals surface area contributed by atoms with E-state index < -0.39 is 0 Å². The lowest BCUT2D eigenvalue weighted by atomic mass is 9.91. The molecule has 1 saturated heterocycles. The van der Waals surface area contributed by atoms with Crippen LogP contribution in [0.25, 0.3) is 15.8 Å². The van der Waals surface area contributed by atoms with Crippen LogP contribution in [-0.4, -0.2) is 65.0 Å². The molecule has 2 aromatic rings. The van der Waals surface area contributed by atoms with Crippen LogP contribution >= 0.6 is 11.3 Å². The first-order valence-corrected chi connectivity index (χ1v) is 12.7. The quantitative estimate of drug-likeness (QED) is 0.538. The summed E-state index contributed by atoms with van der Waals surface area (Å²) in [4.78, 5) is 11.7. The number of fused-ring (bicyclic) bond motifs is 1. The van der Waals surface area contributed by atoms with Gasteiger partial charge in [-0.05, 0) is 31.4 Å². The Morgan fingerprint density at radius 1 is 1.27 bits per heavy atom. The average Bonchev–Trinajstić information content (AvgIpc) is 3.25. The Morgan fingerprint density at radius 3 is 2.82 bits per heavy atom. The third-order valence-electron chi connectivity index (χ3n) is 6.90. The number of nitrogens with two attached hydrogens (primary N) is 1. The molecule has 8 nitrogen and oxygen atoms in total. The molecule has 1 unspecified atom stereocenters. The van der Waals surface area contributed by atoms with Gasteiger partial charge in [-0.25, -0.2) is 9.98 Å². The molecule has 1 aliphatic carbocycles. The summed E-state index contributed by atoms with van der Waals surface area (Å²) in [6.45, 7) is 4.77. The fraction of sp³-hybridized carbons (Fsp3) is 0.542. The zero-order valence-electron chi connectivity index (χ0n) is 19.0. The Balaban J connectivity index is 1.48. The number of hydrogen-bond acceptors (Lipinski definition) is 8. The van der Waals surface area contributed by atoms with E-state index in [0.717, 1.165) is 47.7 Å². The van der Waals surface area contributed by atoms with E-state index in [2.05, 4.69) is 15.2 Å². The molecule has 2 aliphatic heterocycles. The number of aliphatic hydroxyl groups is 1. The lowest BCUT2D eigenvalue weighted by Gasteiger charge is -2.35. The average molecular weight is 469 g/mol. The molecule has 0 radical (unpaired) electrons. The number of dihydropyridines is 1. The zero-order valence-corrected chi connectivity index (χ0v) is 19.8. The van der Waals surface area contributed by atoms with Crippen molar-refractivity contribution >= 4 is 44.5 Å². The van der Waals surface area contributed by atoms with E-state index in [1.165, 1.54) is 24.2 Å². The third kappa shape index (κ3) is 4.25. The van der Waals surface area contributed by atoms with Crippen LogP contribution in [0.2, 0.25) is 0 Å². The number of ether oxygens (including phenoxy) is 1. The number of nitrogens with zero attached hydrogens (tertiary/aromatic N) is 3. The van der Waals surface area contributed by atoms with Gasteiger partial charge < -0.3 is 25.8 Å². The number of aliphatic hydroxyl groups excluding tert-OH is 1. The molecule has 3 aliphatic rings. The number of nitrogens with one attached hydrogen (secondary N) is 2.